The third-order valence-corrected chi connectivity index (χ3v) is 5.94. The summed E-state index contributed by atoms with van der Waals surface area (Å²) in [6.45, 7) is 3.01. The molecule has 35 heavy (non-hydrogen) atoms. The Hall–Kier alpha value is -4.46. The highest BCUT2D eigenvalue weighted by Crippen LogP contribution is 2.19. The van der Waals surface area contributed by atoms with Gasteiger partial charge in [-0.2, -0.15) is 5.10 Å². The average Bonchev–Trinajstić information content (AvgIpc) is 3.29. The molecule has 5 aromatic rings. The zero-order chi connectivity index (χ0) is 24.2. The molecule has 1 N–H and O–H groups in total. The van der Waals surface area contributed by atoms with Crippen LogP contribution < -0.4 is 15.6 Å². The maximum Gasteiger partial charge on any atom is 0.264 e. The molecule has 0 aliphatic rings. The van der Waals surface area contributed by atoms with Gasteiger partial charge in [-0.25, -0.2) is 9.67 Å². The van der Waals surface area contributed by atoms with Gasteiger partial charge in [0.05, 0.1) is 19.3 Å². The number of hydrogen-bond acceptors (Lipinski definition) is 5. The lowest BCUT2D eigenvalue weighted by molar-refractivity contribution is -0.123. The molecular formula is C27H25N5O3. The highest BCUT2D eigenvalue weighted by atomic mass is 16.5. The number of nitrogens with zero attached hydrogens (tertiary/aromatic N) is 4. The molecule has 0 aliphatic heterocycles. The van der Waals surface area contributed by atoms with Gasteiger partial charge in [-0.05, 0) is 34.9 Å². The monoisotopic (exact) mass is 467 g/mol. The van der Waals surface area contributed by atoms with Gasteiger partial charge in [-0.1, -0.05) is 60.7 Å². The van der Waals surface area contributed by atoms with E-state index in [1.807, 2.05) is 55.5 Å². The molecule has 0 fully saturated rings. The first-order valence-electron chi connectivity index (χ1n) is 11.4. The Morgan fingerprint density at radius 2 is 1.80 bits per heavy atom. The molecule has 0 spiro atoms. The van der Waals surface area contributed by atoms with Crippen LogP contribution in [0.4, 0.5) is 0 Å². The van der Waals surface area contributed by atoms with E-state index in [-0.39, 0.29) is 18.1 Å². The normalized spacial score (nSPS) is 11.1. The van der Waals surface area contributed by atoms with E-state index < -0.39 is 0 Å². The van der Waals surface area contributed by atoms with Crippen LogP contribution in [-0.2, 0) is 17.9 Å². The van der Waals surface area contributed by atoms with Crippen molar-refractivity contribution < 1.29 is 9.53 Å². The van der Waals surface area contributed by atoms with Gasteiger partial charge in [0.2, 0.25) is 0 Å². The van der Waals surface area contributed by atoms with Crippen LogP contribution in [0.2, 0.25) is 0 Å². The zero-order valence-electron chi connectivity index (χ0n) is 19.3. The lowest BCUT2D eigenvalue weighted by atomic mass is 10.0. The topological polar surface area (TPSA) is 91.0 Å². The van der Waals surface area contributed by atoms with E-state index in [4.69, 9.17) is 4.74 Å². The molecule has 0 bridgehead atoms. The van der Waals surface area contributed by atoms with Crippen molar-refractivity contribution in [2.24, 2.45) is 0 Å². The second-order valence-electron chi connectivity index (χ2n) is 8.33. The fraction of sp³-hybridized carbons (Fsp3) is 0.185. The molecule has 2 aromatic heterocycles. The summed E-state index contributed by atoms with van der Waals surface area (Å²) in [5.41, 5.74) is 2.37. The molecule has 0 aliphatic carbocycles. The second-order valence-corrected chi connectivity index (χ2v) is 8.33. The molecular weight excluding hydrogens is 442 g/mol. The average molecular weight is 468 g/mol. The van der Waals surface area contributed by atoms with Gasteiger partial charge in [0, 0.05) is 6.54 Å². The van der Waals surface area contributed by atoms with Crippen molar-refractivity contribution in [1.29, 1.82) is 0 Å². The van der Waals surface area contributed by atoms with Gasteiger partial charge in [0.1, 0.15) is 17.5 Å². The van der Waals surface area contributed by atoms with Crippen LogP contribution in [0.25, 0.3) is 21.8 Å². The maximum atomic E-state index is 13.1. The number of amides is 1. The summed E-state index contributed by atoms with van der Waals surface area (Å²) in [6.07, 6.45) is 3.09. The molecule has 0 saturated heterocycles. The number of aryl methyl sites for hydroxylation is 1. The van der Waals surface area contributed by atoms with E-state index in [0.29, 0.717) is 36.4 Å². The van der Waals surface area contributed by atoms with Crippen LogP contribution >= 0.6 is 0 Å². The fourth-order valence-corrected chi connectivity index (χ4v) is 4.10. The van der Waals surface area contributed by atoms with E-state index in [2.05, 4.69) is 33.6 Å². The first kappa shape index (κ1) is 22.3. The van der Waals surface area contributed by atoms with E-state index in [1.54, 1.807) is 15.6 Å². The smallest absolute Gasteiger partial charge is 0.264 e. The number of fused-ring (bicyclic) bond motifs is 2. The minimum Gasteiger partial charge on any atom is -0.484 e. The number of ether oxygens (including phenoxy) is 1. The standard InChI is InChI=1S/C27H25N5O3/c1-19-7-2-5-12-24(19)35-17-25(33)28-13-14-32-26-23(15-30-32)27(34)31(18-29-26)16-21-10-6-9-20-8-3-4-11-22(20)21/h2-12,15,18H,13-14,16-17H2,1H3,(H,28,33). The van der Waals surface area contributed by atoms with Gasteiger partial charge in [-0.3, -0.25) is 14.2 Å². The predicted octanol–water partition coefficient (Wildman–Crippen LogP) is 3.30. The van der Waals surface area contributed by atoms with Crippen LogP contribution in [0.3, 0.4) is 0 Å². The number of carbonyl (C=O) groups is 1. The van der Waals surface area contributed by atoms with Crippen molar-refractivity contribution in [3.63, 3.8) is 0 Å². The van der Waals surface area contributed by atoms with E-state index >= 15 is 0 Å². The largest absolute Gasteiger partial charge is 0.484 e. The maximum absolute atomic E-state index is 13.1. The number of hydrogen-bond donors (Lipinski definition) is 1. The molecule has 8 nitrogen and oxygen atoms in total. The first-order chi connectivity index (χ1) is 17.1. The Balaban J connectivity index is 1.24. The molecule has 0 radical (unpaired) electrons. The summed E-state index contributed by atoms with van der Waals surface area (Å²) >= 11 is 0. The van der Waals surface area contributed by atoms with Gasteiger partial charge in [-0.15, -0.1) is 0 Å². The Bertz CT molecular complexity index is 1570. The van der Waals surface area contributed by atoms with Crippen LogP contribution in [0, 0.1) is 6.92 Å². The lowest BCUT2D eigenvalue weighted by Gasteiger charge is -2.10. The summed E-state index contributed by atoms with van der Waals surface area (Å²) in [5, 5.41) is 9.82. The number of carbonyl (C=O) groups excluding carboxylic acids is 1. The molecule has 0 atom stereocenters. The number of nitrogens with one attached hydrogen (secondary N) is 1. The zero-order valence-corrected chi connectivity index (χ0v) is 19.3. The Morgan fingerprint density at radius 3 is 2.69 bits per heavy atom. The van der Waals surface area contributed by atoms with E-state index in [0.717, 1.165) is 21.9 Å². The van der Waals surface area contributed by atoms with Crippen LogP contribution in [-0.4, -0.2) is 38.4 Å². The predicted molar refractivity (Wildman–Crippen MR) is 135 cm³/mol. The van der Waals surface area contributed by atoms with Crippen LogP contribution in [0.5, 0.6) is 5.75 Å². The van der Waals surface area contributed by atoms with E-state index in [9.17, 15) is 9.59 Å². The first-order valence-corrected chi connectivity index (χ1v) is 11.4. The third-order valence-electron chi connectivity index (χ3n) is 5.94. The molecule has 5 rings (SSSR count). The van der Waals surface area contributed by atoms with Crippen molar-refractivity contribution in [2.75, 3.05) is 13.2 Å². The van der Waals surface area contributed by atoms with Crippen molar-refractivity contribution in [1.82, 2.24) is 24.6 Å². The summed E-state index contributed by atoms with van der Waals surface area (Å²) in [6, 6.07) is 21.7. The van der Waals surface area contributed by atoms with Gasteiger partial charge in [0.15, 0.2) is 12.3 Å². The molecule has 1 amide bonds. The van der Waals surface area contributed by atoms with Gasteiger partial charge < -0.3 is 10.1 Å². The molecule has 176 valence electrons. The molecule has 8 heteroatoms. The lowest BCUT2D eigenvalue weighted by Crippen LogP contribution is -2.32. The van der Waals surface area contributed by atoms with Crippen molar-refractivity contribution >= 4 is 27.7 Å². The van der Waals surface area contributed by atoms with Crippen LogP contribution in [0.15, 0.2) is 84.0 Å². The number of para-hydroxylation sites is 1. The molecule has 0 saturated carbocycles. The third kappa shape index (κ3) is 4.77. The summed E-state index contributed by atoms with van der Waals surface area (Å²) in [7, 11) is 0. The van der Waals surface area contributed by atoms with Crippen molar-refractivity contribution in [3.05, 3.63) is 101 Å². The summed E-state index contributed by atoms with van der Waals surface area (Å²) < 4.78 is 8.79. The van der Waals surface area contributed by atoms with Gasteiger partial charge >= 0.3 is 0 Å². The van der Waals surface area contributed by atoms with Gasteiger partial charge in [0.25, 0.3) is 11.5 Å². The minimum atomic E-state index is -0.227. The van der Waals surface area contributed by atoms with Crippen molar-refractivity contribution in [2.45, 2.75) is 20.0 Å². The Morgan fingerprint density at radius 1 is 1.00 bits per heavy atom. The summed E-state index contributed by atoms with van der Waals surface area (Å²) in [4.78, 5) is 29.7. The SMILES string of the molecule is Cc1ccccc1OCC(=O)NCCn1ncc2c(=O)n(Cc3cccc4ccccc34)cnc21. The summed E-state index contributed by atoms with van der Waals surface area (Å²) in [5.74, 6) is 0.458. The number of rotatable bonds is 8. The molecule has 2 heterocycles. The Labute approximate surface area is 201 Å². The van der Waals surface area contributed by atoms with E-state index in [1.165, 1.54) is 6.20 Å². The van der Waals surface area contributed by atoms with Crippen LogP contribution in [0.1, 0.15) is 11.1 Å². The molecule has 0 unspecified atom stereocenters. The Kier molecular flexibility index (Phi) is 6.26. The van der Waals surface area contributed by atoms with Crippen molar-refractivity contribution in [3.8, 4) is 5.75 Å². The quantitative estimate of drug-likeness (QED) is 0.378. The number of benzene rings is 3. The second kappa shape index (κ2) is 9.80. The highest BCUT2D eigenvalue weighted by Gasteiger charge is 2.12. The highest BCUT2D eigenvalue weighted by molar-refractivity contribution is 5.85. The fourth-order valence-electron chi connectivity index (χ4n) is 4.10. The molecule has 3 aromatic carbocycles. The minimum absolute atomic E-state index is 0.0676. The number of aromatic nitrogens is 4.